The Labute approximate surface area is 78.0 Å². The van der Waals surface area contributed by atoms with Gasteiger partial charge in [-0.15, -0.1) is 0 Å². The monoisotopic (exact) mass is 172 g/mol. The largest absolute Gasteiger partial charge is 0.389 e. The van der Waals surface area contributed by atoms with Crippen LogP contribution in [-0.2, 0) is 0 Å². The third-order valence-electron chi connectivity index (χ3n) is 2.28. The zero-order valence-electron chi connectivity index (χ0n) is 7.57. The van der Waals surface area contributed by atoms with Gasteiger partial charge in [-0.05, 0) is 23.6 Å². The lowest BCUT2D eigenvalue weighted by molar-refractivity contribution is 0.200. The molecular weight excluding hydrogens is 160 g/mol. The lowest BCUT2D eigenvalue weighted by Crippen LogP contribution is -1.88. The Morgan fingerprint density at radius 1 is 1.00 bits per heavy atom. The van der Waals surface area contributed by atoms with Gasteiger partial charge in [0.05, 0.1) is 6.10 Å². The summed E-state index contributed by atoms with van der Waals surface area (Å²) in [5.41, 5.74) is 3.33. The van der Waals surface area contributed by atoms with Gasteiger partial charge in [-0.2, -0.15) is 0 Å². The first-order chi connectivity index (χ1) is 6.29. The van der Waals surface area contributed by atoms with Gasteiger partial charge in [0.15, 0.2) is 0 Å². The predicted molar refractivity (Wildman–Crippen MR) is 53.7 cm³/mol. The van der Waals surface area contributed by atoms with E-state index in [-0.39, 0.29) is 6.10 Å². The average Bonchev–Trinajstić information content (AvgIpc) is 2.36. The molecule has 0 amide bonds. The van der Waals surface area contributed by atoms with Gasteiger partial charge in [0.2, 0.25) is 0 Å². The van der Waals surface area contributed by atoms with Gasteiger partial charge in [-0.3, -0.25) is 0 Å². The number of rotatable bonds is 1. The first-order valence-corrected chi connectivity index (χ1v) is 4.45. The van der Waals surface area contributed by atoms with Crippen molar-refractivity contribution < 1.29 is 5.11 Å². The SMILES string of the molecule is CC(O)c1ccc2cccccc1-2. The van der Waals surface area contributed by atoms with E-state index in [2.05, 4.69) is 6.07 Å². The lowest BCUT2D eigenvalue weighted by atomic mass is 10.1. The van der Waals surface area contributed by atoms with Crippen molar-refractivity contribution in [1.29, 1.82) is 0 Å². The molecule has 1 unspecified atom stereocenters. The maximum Gasteiger partial charge on any atom is 0.0767 e. The van der Waals surface area contributed by atoms with Crippen LogP contribution in [0.25, 0.3) is 11.1 Å². The molecule has 0 aromatic heterocycles. The first-order valence-electron chi connectivity index (χ1n) is 4.45. The van der Waals surface area contributed by atoms with Crippen LogP contribution in [0.2, 0.25) is 0 Å². The average molecular weight is 172 g/mol. The van der Waals surface area contributed by atoms with Crippen molar-refractivity contribution in [1.82, 2.24) is 0 Å². The van der Waals surface area contributed by atoms with Crippen LogP contribution in [-0.4, -0.2) is 5.11 Å². The van der Waals surface area contributed by atoms with Gasteiger partial charge in [0.1, 0.15) is 0 Å². The third-order valence-corrected chi connectivity index (χ3v) is 2.28. The number of aliphatic hydroxyl groups is 1. The number of hydrogen-bond donors (Lipinski definition) is 1. The van der Waals surface area contributed by atoms with E-state index >= 15 is 0 Å². The van der Waals surface area contributed by atoms with Crippen molar-refractivity contribution in [2.75, 3.05) is 0 Å². The molecule has 0 saturated carbocycles. The molecule has 0 aliphatic heterocycles. The van der Waals surface area contributed by atoms with Gasteiger partial charge in [0.25, 0.3) is 0 Å². The quantitative estimate of drug-likeness (QED) is 0.701. The van der Waals surface area contributed by atoms with Gasteiger partial charge >= 0.3 is 0 Å². The summed E-state index contributed by atoms with van der Waals surface area (Å²) in [6, 6.07) is 14.1. The lowest BCUT2D eigenvalue weighted by Gasteiger charge is -2.03. The number of fused-ring (bicyclic) bond motifs is 1. The second-order valence-corrected chi connectivity index (χ2v) is 3.24. The summed E-state index contributed by atoms with van der Waals surface area (Å²) < 4.78 is 0. The molecule has 0 radical (unpaired) electrons. The molecule has 0 fully saturated rings. The van der Waals surface area contributed by atoms with Gasteiger partial charge in [0, 0.05) is 0 Å². The Kier molecular flexibility index (Phi) is 2.03. The minimum atomic E-state index is -0.389. The molecule has 0 saturated heterocycles. The van der Waals surface area contributed by atoms with Crippen LogP contribution in [0.5, 0.6) is 0 Å². The van der Waals surface area contributed by atoms with Gasteiger partial charge in [-0.25, -0.2) is 0 Å². The zero-order chi connectivity index (χ0) is 9.26. The smallest absolute Gasteiger partial charge is 0.0767 e. The van der Waals surface area contributed by atoms with E-state index in [1.54, 1.807) is 6.92 Å². The molecule has 13 heavy (non-hydrogen) atoms. The van der Waals surface area contributed by atoms with E-state index < -0.39 is 0 Å². The van der Waals surface area contributed by atoms with Crippen LogP contribution in [0, 0.1) is 0 Å². The summed E-state index contributed by atoms with van der Waals surface area (Å²) in [6.07, 6.45) is -0.389. The highest BCUT2D eigenvalue weighted by Gasteiger charge is 2.10. The summed E-state index contributed by atoms with van der Waals surface area (Å²) in [4.78, 5) is 0. The predicted octanol–water partition coefficient (Wildman–Crippen LogP) is 2.84. The number of hydrogen-bond acceptors (Lipinski definition) is 1. The van der Waals surface area contributed by atoms with Crippen molar-refractivity contribution in [2.24, 2.45) is 0 Å². The fourth-order valence-corrected chi connectivity index (χ4v) is 1.60. The van der Waals surface area contributed by atoms with Crippen molar-refractivity contribution in [3.8, 4) is 11.1 Å². The van der Waals surface area contributed by atoms with E-state index in [4.69, 9.17) is 0 Å². The maximum absolute atomic E-state index is 9.49. The van der Waals surface area contributed by atoms with Crippen molar-refractivity contribution in [2.45, 2.75) is 13.0 Å². The van der Waals surface area contributed by atoms with Crippen LogP contribution >= 0.6 is 0 Å². The molecule has 2 aliphatic rings. The molecule has 0 aromatic carbocycles. The normalized spacial score (nSPS) is 13.1. The van der Waals surface area contributed by atoms with Gasteiger partial charge in [-0.1, -0.05) is 42.5 Å². The molecule has 2 rings (SSSR count). The summed E-state index contributed by atoms with van der Waals surface area (Å²) >= 11 is 0. The highest BCUT2D eigenvalue weighted by atomic mass is 16.3. The Hall–Kier alpha value is -1.34. The van der Waals surface area contributed by atoms with E-state index in [0.717, 1.165) is 11.1 Å². The van der Waals surface area contributed by atoms with E-state index in [1.807, 2.05) is 36.4 Å². The minimum Gasteiger partial charge on any atom is -0.389 e. The first kappa shape index (κ1) is 8.27. The van der Waals surface area contributed by atoms with Crippen LogP contribution in [0.15, 0.2) is 42.5 Å². The fourth-order valence-electron chi connectivity index (χ4n) is 1.60. The Morgan fingerprint density at radius 3 is 2.54 bits per heavy atom. The van der Waals surface area contributed by atoms with E-state index in [1.165, 1.54) is 5.56 Å². The molecule has 1 nitrogen and oxygen atoms in total. The van der Waals surface area contributed by atoms with Crippen molar-refractivity contribution in [3.05, 3.63) is 48.0 Å². The Balaban J connectivity index is 2.62. The van der Waals surface area contributed by atoms with Crippen LogP contribution in [0.1, 0.15) is 18.6 Å². The summed E-state index contributed by atoms with van der Waals surface area (Å²) in [5.74, 6) is 0. The molecule has 0 aromatic rings. The Morgan fingerprint density at radius 2 is 1.77 bits per heavy atom. The zero-order valence-corrected chi connectivity index (χ0v) is 7.57. The molecular formula is C12H12O. The molecule has 0 bridgehead atoms. The molecule has 0 spiro atoms. The van der Waals surface area contributed by atoms with Crippen molar-refractivity contribution in [3.63, 3.8) is 0 Å². The molecule has 0 heterocycles. The fraction of sp³-hybridized carbons (Fsp3) is 0.167. The van der Waals surface area contributed by atoms with Crippen LogP contribution in [0.4, 0.5) is 0 Å². The summed E-state index contributed by atoms with van der Waals surface area (Å²) in [6.45, 7) is 1.79. The second-order valence-electron chi connectivity index (χ2n) is 3.24. The van der Waals surface area contributed by atoms with Crippen LogP contribution in [0.3, 0.4) is 0 Å². The standard InChI is InChI=1S/C12H12O/c1-9(13)11-8-7-10-5-3-2-4-6-12(10)11/h2-9,13H,1H3. The molecule has 1 atom stereocenters. The molecule has 66 valence electrons. The number of aliphatic hydroxyl groups excluding tert-OH is 1. The van der Waals surface area contributed by atoms with Crippen LogP contribution < -0.4 is 0 Å². The molecule has 1 N–H and O–H groups in total. The maximum atomic E-state index is 9.49. The third kappa shape index (κ3) is 1.43. The highest BCUT2D eigenvalue weighted by Crippen LogP contribution is 2.30. The topological polar surface area (TPSA) is 20.2 Å². The van der Waals surface area contributed by atoms with E-state index in [9.17, 15) is 5.11 Å². The summed E-state index contributed by atoms with van der Waals surface area (Å²) in [5, 5.41) is 9.49. The summed E-state index contributed by atoms with van der Waals surface area (Å²) in [7, 11) is 0. The second kappa shape index (κ2) is 3.19. The van der Waals surface area contributed by atoms with Gasteiger partial charge < -0.3 is 5.11 Å². The Bertz CT molecular complexity index is 379. The molecule has 2 aliphatic carbocycles. The molecule has 1 heteroatoms. The van der Waals surface area contributed by atoms with E-state index in [0.29, 0.717) is 0 Å². The van der Waals surface area contributed by atoms with Crippen molar-refractivity contribution >= 4 is 0 Å². The highest BCUT2D eigenvalue weighted by molar-refractivity contribution is 5.70. The minimum absolute atomic E-state index is 0.389.